The fourth-order valence-electron chi connectivity index (χ4n) is 3.65. The van der Waals surface area contributed by atoms with Crippen molar-refractivity contribution in [2.24, 2.45) is 0 Å². The van der Waals surface area contributed by atoms with Crippen LogP contribution in [0.1, 0.15) is 5.56 Å². The topological polar surface area (TPSA) is 17.1 Å². The number of carbonyl (C=O) groups is 1. The fraction of sp³-hybridized carbons (Fsp3) is 0. The normalized spacial score (nSPS) is 11.4. The van der Waals surface area contributed by atoms with Crippen molar-refractivity contribution in [1.29, 1.82) is 0 Å². The highest BCUT2D eigenvalue weighted by Gasteiger charge is 2.25. The molecule has 0 N–H and O–H groups in total. The van der Waals surface area contributed by atoms with Crippen LogP contribution < -0.4 is 15.9 Å². The van der Waals surface area contributed by atoms with E-state index in [9.17, 15) is 4.79 Å². The second-order valence-electron chi connectivity index (χ2n) is 7.15. The first-order valence-corrected chi connectivity index (χ1v) is 12.3. The molecule has 0 bridgehead atoms. The van der Waals surface area contributed by atoms with E-state index in [1.165, 1.54) is 0 Å². The maximum atomic E-state index is 13.3. The molecule has 0 aliphatic carbocycles. The number of hydrogen-bond donors (Lipinski definition) is 0. The van der Waals surface area contributed by atoms with Crippen molar-refractivity contribution in [3.63, 3.8) is 0 Å². The van der Waals surface area contributed by atoms with Gasteiger partial charge in [0, 0.05) is 5.02 Å². The van der Waals surface area contributed by atoms with Crippen molar-refractivity contribution in [3.8, 4) is 0 Å². The van der Waals surface area contributed by atoms with Crippen LogP contribution in [0.2, 0.25) is 5.02 Å². The van der Waals surface area contributed by atoms with Crippen molar-refractivity contribution in [2.45, 2.75) is 0 Å². The minimum atomic E-state index is -2.29. The van der Waals surface area contributed by atoms with Gasteiger partial charge in [0.05, 0.1) is 0 Å². The van der Waals surface area contributed by atoms with Crippen LogP contribution in [0, 0.1) is 0 Å². The summed E-state index contributed by atoms with van der Waals surface area (Å²) in [6.07, 6.45) is 3.48. The monoisotopic (exact) mass is 440 g/mol. The zero-order chi connectivity index (χ0) is 21.5. The SMILES string of the molecule is O=C(C=P(c1ccccc1)(c1ccccc1)c1ccccc1)/C=C/c1ccc(Cl)cc1. The summed E-state index contributed by atoms with van der Waals surface area (Å²) in [5.41, 5.74) is 0.939. The summed E-state index contributed by atoms with van der Waals surface area (Å²) in [4.78, 5) is 13.3. The highest BCUT2D eigenvalue weighted by atomic mass is 35.5. The van der Waals surface area contributed by atoms with E-state index in [0.29, 0.717) is 5.02 Å². The number of carbonyl (C=O) groups excluding carboxylic acids is 1. The maximum absolute atomic E-state index is 13.3. The first-order valence-electron chi connectivity index (χ1n) is 10.1. The predicted octanol–water partition coefficient (Wildman–Crippen LogP) is 5.72. The number of allylic oxidation sites excluding steroid dienone is 1. The lowest BCUT2D eigenvalue weighted by atomic mass is 10.2. The van der Waals surface area contributed by atoms with Crippen molar-refractivity contribution in [1.82, 2.24) is 0 Å². The van der Waals surface area contributed by atoms with Crippen LogP contribution in [-0.2, 0) is 4.79 Å². The summed E-state index contributed by atoms with van der Waals surface area (Å²) in [5, 5.41) is 4.14. The van der Waals surface area contributed by atoms with Crippen molar-refractivity contribution in [2.75, 3.05) is 0 Å². The number of rotatable bonds is 6. The Morgan fingerprint density at radius 3 is 1.45 bits per heavy atom. The molecular weight excluding hydrogens is 419 g/mol. The van der Waals surface area contributed by atoms with Crippen LogP contribution in [0.15, 0.2) is 121 Å². The van der Waals surface area contributed by atoms with Gasteiger partial charge >= 0.3 is 0 Å². The summed E-state index contributed by atoms with van der Waals surface area (Å²) in [6, 6.07) is 38.5. The Labute approximate surface area is 188 Å². The number of benzene rings is 4. The summed E-state index contributed by atoms with van der Waals surface area (Å²) < 4.78 is 0. The molecule has 0 heterocycles. The minimum absolute atomic E-state index is 0.0140. The first kappa shape index (κ1) is 21.1. The molecule has 0 saturated carbocycles. The van der Waals surface area contributed by atoms with Gasteiger partial charge in [-0.05, 0) is 52.4 Å². The Bertz CT molecular complexity index is 1130. The third-order valence-corrected chi connectivity index (χ3v) is 9.35. The summed E-state index contributed by atoms with van der Waals surface area (Å²) in [6.45, 7) is -2.29. The van der Waals surface area contributed by atoms with Crippen molar-refractivity contribution >= 4 is 52.1 Å². The van der Waals surface area contributed by atoms with E-state index in [1.54, 1.807) is 6.08 Å². The molecule has 0 atom stereocenters. The molecule has 1 nitrogen and oxygen atoms in total. The largest absolute Gasteiger partial charge is 0.290 e. The third kappa shape index (κ3) is 4.80. The van der Waals surface area contributed by atoms with Gasteiger partial charge in [0.15, 0.2) is 5.78 Å². The van der Waals surface area contributed by atoms with Gasteiger partial charge in [-0.2, -0.15) is 0 Å². The Balaban J connectivity index is 1.91. The number of hydrogen-bond acceptors (Lipinski definition) is 1. The van der Waals surface area contributed by atoms with E-state index < -0.39 is 6.89 Å². The second-order valence-corrected chi connectivity index (χ2v) is 10.8. The highest BCUT2D eigenvalue weighted by Crippen LogP contribution is 2.43. The van der Waals surface area contributed by atoms with E-state index in [-0.39, 0.29) is 5.78 Å². The second kappa shape index (κ2) is 9.79. The Hall–Kier alpha value is -3.12. The molecule has 152 valence electrons. The Kier molecular flexibility index (Phi) is 6.67. The fourth-order valence-corrected chi connectivity index (χ4v) is 7.51. The molecule has 0 saturated heterocycles. The molecule has 4 rings (SSSR count). The molecule has 0 fully saturated rings. The van der Waals surface area contributed by atoms with Crippen LogP contribution in [0.4, 0.5) is 0 Å². The highest BCUT2D eigenvalue weighted by molar-refractivity contribution is 7.95. The van der Waals surface area contributed by atoms with Gasteiger partial charge in [-0.15, -0.1) is 0 Å². The summed E-state index contributed by atoms with van der Waals surface area (Å²) >= 11 is 5.97. The zero-order valence-electron chi connectivity index (χ0n) is 16.9. The molecule has 0 radical (unpaired) electrons. The molecule has 0 spiro atoms. The molecule has 0 unspecified atom stereocenters. The van der Waals surface area contributed by atoms with E-state index in [2.05, 4.69) is 36.4 Å². The lowest BCUT2D eigenvalue weighted by Gasteiger charge is -2.28. The molecule has 0 aliphatic rings. The van der Waals surface area contributed by atoms with Gasteiger partial charge in [-0.25, -0.2) is 0 Å². The first-order chi connectivity index (χ1) is 15.2. The number of halogens is 1. The Morgan fingerprint density at radius 1 is 0.613 bits per heavy atom. The number of ketones is 1. The van der Waals surface area contributed by atoms with Crippen molar-refractivity contribution in [3.05, 3.63) is 132 Å². The van der Waals surface area contributed by atoms with Gasteiger partial charge in [0.1, 0.15) is 0 Å². The lowest BCUT2D eigenvalue weighted by molar-refractivity contribution is -0.108. The molecule has 3 heteroatoms. The summed E-state index contributed by atoms with van der Waals surface area (Å²) in [5.74, 6) is 1.92. The average Bonchev–Trinajstić information content (AvgIpc) is 2.84. The van der Waals surface area contributed by atoms with Crippen LogP contribution in [0.5, 0.6) is 0 Å². The average molecular weight is 441 g/mol. The molecular formula is C28H22ClOP. The predicted molar refractivity (Wildman–Crippen MR) is 137 cm³/mol. The van der Waals surface area contributed by atoms with E-state index in [1.807, 2.05) is 90.7 Å². The molecule has 0 aliphatic heterocycles. The summed E-state index contributed by atoms with van der Waals surface area (Å²) in [7, 11) is 0. The molecule has 31 heavy (non-hydrogen) atoms. The van der Waals surface area contributed by atoms with Gasteiger partial charge in [-0.3, -0.25) is 4.79 Å². The van der Waals surface area contributed by atoms with E-state index in [4.69, 9.17) is 11.6 Å². The molecule has 4 aromatic rings. The van der Waals surface area contributed by atoms with Gasteiger partial charge in [0.25, 0.3) is 0 Å². The van der Waals surface area contributed by atoms with Crippen molar-refractivity contribution < 1.29 is 4.79 Å². The quantitative estimate of drug-likeness (QED) is 0.277. The van der Waals surface area contributed by atoms with Gasteiger partial charge < -0.3 is 0 Å². The molecule has 0 aromatic heterocycles. The van der Waals surface area contributed by atoms with Crippen LogP contribution in [0.25, 0.3) is 6.08 Å². The maximum Gasteiger partial charge on any atom is 0.179 e. The van der Waals surface area contributed by atoms with Crippen LogP contribution >= 0.6 is 18.5 Å². The van der Waals surface area contributed by atoms with Gasteiger partial charge in [0.2, 0.25) is 0 Å². The lowest BCUT2D eigenvalue weighted by Crippen LogP contribution is -2.28. The molecule has 0 amide bonds. The minimum Gasteiger partial charge on any atom is -0.290 e. The Morgan fingerprint density at radius 2 is 1.03 bits per heavy atom. The molecule has 4 aromatic carbocycles. The van der Waals surface area contributed by atoms with Gasteiger partial charge in [-0.1, -0.05) is 121 Å². The third-order valence-electron chi connectivity index (χ3n) is 5.12. The zero-order valence-corrected chi connectivity index (χ0v) is 18.6. The van der Waals surface area contributed by atoms with Crippen LogP contribution in [-0.4, -0.2) is 11.6 Å². The standard InChI is InChI=1S/C28H22ClOP/c29-24-19-16-23(17-20-24)18-21-25(30)22-31(26-10-4-1-5-11-26,27-12-6-2-7-13-27)28-14-8-3-9-15-28/h1-22H/b21-18+. The van der Waals surface area contributed by atoms with Crippen LogP contribution in [0.3, 0.4) is 0 Å². The smallest absolute Gasteiger partial charge is 0.179 e. The van der Waals surface area contributed by atoms with E-state index in [0.717, 1.165) is 21.5 Å². The van der Waals surface area contributed by atoms with E-state index >= 15 is 0 Å².